The molecule has 124 valence electrons. The molecule has 1 aromatic rings. The fourth-order valence-electron chi connectivity index (χ4n) is 3.47. The number of rotatable bonds is 3. The van der Waals surface area contributed by atoms with Crippen molar-refractivity contribution in [2.24, 2.45) is 0 Å². The molecule has 6 heteroatoms. The van der Waals surface area contributed by atoms with Gasteiger partial charge in [-0.3, -0.25) is 0 Å². The molecule has 2 aliphatic heterocycles. The second-order valence-electron chi connectivity index (χ2n) is 6.66. The lowest BCUT2D eigenvalue weighted by molar-refractivity contribution is -0.236. The molecular formula is C17H20O6. The van der Waals surface area contributed by atoms with E-state index in [1.165, 1.54) is 0 Å². The van der Waals surface area contributed by atoms with Crippen molar-refractivity contribution in [3.8, 4) is 0 Å². The Labute approximate surface area is 134 Å². The highest BCUT2D eigenvalue weighted by atomic mass is 16.8. The van der Waals surface area contributed by atoms with Crippen molar-refractivity contribution in [1.29, 1.82) is 0 Å². The van der Waals surface area contributed by atoms with Gasteiger partial charge < -0.3 is 23.7 Å². The minimum absolute atomic E-state index is 0.295. The van der Waals surface area contributed by atoms with Gasteiger partial charge in [-0.25, -0.2) is 4.79 Å². The average molecular weight is 320 g/mol. The van der Waals surface area contributed by atoms with Crippen molar-refractivity contribution in [3.63, 3.8) is 0 Å². The van der Waals surface area contributed by atoms with Crippen LogP contribution in [0, 0.1) is 0 Å². The van der Waals surface area contributed by atoms with Crippen LogP contribution in [0.3, 0.4) is 0 Å². The number of carbonyl (C=O) groups excluding carboxylic acids is 1. The number of carbonyl (C=O) groups is 1. The maximum absolute atomic E-state index is 12.2. The highest BCUT2D eigenvalue weighted by Gasteiger charge is 2.75. The van der Waals surface area contributed by atoms with Gasteiger partial charge in [0, 0.05) is 13.5 Å². The summed E-state index contributed by atoms with van der Waals surface area (Å²) in [6.45, 7) is 3.72. The Bertz CT molecular complexity index is 615. The number of benzene rings is 1. The van der Waals surface area contributed by atoms with Crippen LogP contribution in [0.15, 0.2) is 30.3 Å². The first kappa shape index (κ1) is 15.1. The number of methoxy groups -OCH3 is 1. The van der Waals surface area contributed by atoms with Gasteiger partial charge in [0.25, 0.3) is 0 Å². The van der Waals surface area contributed by atoms with E-state index in [2.05, 4.69) is 0 Å². The van der Waals surface area contributed by atoms with E-state index < -0.39 is 17.7 Å². The molecule has 1 saturated carbocycles. The van der Waals surface area contributed by atoms with E-state index in [1.54, 1.807) is 31.4 Å². The number of hydrogen-bond donors (Lipinski definition) is 0. The van der Waals surface area contributed by atoms with E-state index in [0.29, 0.717) is 12.0 Å². The van der Waals surface area contributed by atoms with Crippen LogP contribution in [-0.2, 0) is 23.7 Å². The van der Waals surface area contributed by atoms with E-state index in [1.807, 2.05) is 19.9 Å². The summed E-state index contributed by atoms with van der Waals surface area (Å²) in [6, 6.07) is 8.92. The van der Waals surface area contributed by atoms with Gasteiger partial charge in [0.15, 0.2) is 12.1 Å². The van der Waals surface area contributed by atoms with Crippen molar-refractivity contribution >= 4 is 5.97 Å². The van der Waals surface area contributed by atoms with E-state index >= 15 is 0 Å². The predicted octanol–water partition coefficient (Wildman–Crippen LogP) is 1.88. The Kier molecular flexibility index (Phi) is 3.29. The maximum Gasteiger partial charge on any atom is 0.338 e. The lowest BCUT2D eigenvalue weighted by atomic mass is 10.1. The largest absolute Gasteiger partial charge is 0.455 e. The van der Waals surface area contributed by atoms with Gasteiger partial charge in [-0.1, -0.05) is 18.2 Å². The molecule has 2 saturated heterocycles. The minimum Gasteiger partial charge on any atom is -0.455 e. The Morgan fingerprint density at radius 1 is 1.17 bits per heavy atom. The minimum atomic E-state index is -0.695. The van der Waals surface area contributed by atoms with Crippen LogP contribution in [0.5, 0.6) is 0 Å². The zero-order valence-corrected chi connectivity index (χ0v) is 13.4. The Morgan fingerprint density at radius 2 is 1.91 bits per heavy atom. The third-order valence-corrected chi connectivity index (χ3v) is 4.59. The van der Waals surface area contributed by atoms with Crippen LogP contribution in [0.25, 0.3) is 0 Å². The highest BCUT2D eigenvalue weighted by Crippen LogP contribution is 2.57. The molecule has 0 aromatic heterocycles. The van der Waals surface area contributed by atoms with Crippen LogP contribution in [0.4, 0.5) is 0 Å². The Hall–Kier alpha value is -1.47. The molecule has 0 amide bonds. The number of fused-ring (bicyclic) bond motifs is 2. The molecule has 0 bridgehead atoms. The predicted molar refractivity (Wildman–Crippen MR) is 78.7 cm³/mol. The van der Waals surface area contributed by atoms with Gasteiger partial charge in [0.05, 0.1) is 5.56 Å². The molecule has 0 radical (unpaired) electrons. The van der Waals surface area contributed by atoms with Gasteiger partial charge in [-0.15, -0.1) is 0 Å². The molecule has 0 N–H and O–H groups in total. The topological polar surface area (TPSA) is 63.2 Å². The summed E-state index contributed by atoms with van der Waals surface area (Å²) >= 11 is 0. The Balaban J connectivity index is 1.49. The monoisotopic (exact) mass is 320 g/mol. The SMILES string of the molecule is CO[C@@H]1O[C@@]2(CC2OC(=O)c2ccccc2)C2OC(C)(C)OC21. The fraction of sp³-hybridized carbons (Fsp3) is 0.588. The van der Waals surface area contributed by atoms with Crippen LogP contribution in [-0.4, -0.2) is 49.1 Å². The molecule has 2 heterocycles. The lowest BCUT2D eigenvalue weighted by Gasteiger charge is -2.23. The van der Waals surface area contributed by atoms with Crippen molar-refractivity contribution in [2.45, 2.75) is 56.3 Å². The molecule has 23 heavy (non-hydrogen) atoms. The van der Waals surface area contributed by atoms with Crippen molar-refractivity contribution < 1.29 is 28.5 Å². The van der Waals surface area contributed by atoms with Crippen molar-refractivity contribution in [3.05, 3.63) is 35.9 Å². The quantitative estimate of drug-likeness (QED) is 0.793. The smallest absolute Gasteiger partial charge is 0.338 e. The van der Waals surface area contributed by atoms with Gasteiger partial charge in [0.1, 0.15) is 23.9 Å². The van der Waals surface area contributed by atoms with E-state index in [-0.39, 0.29) is 24.3 Å². The van der Waals surface area contributed by atoms with Crippen LogP contribution >= 0.6 is 0 Å². The van der Waals surface area contributed by atoms with Gasteiger partial charge in [0.2, 0.25) is 0 Å². The molecule has 5 atom stereocenters. The number of ether oxygens (including phenoxy) is 5. The first-order chi connectivity index (χ1) is 11.0. The summed E-state index contributed by atoms with van der Waals surface area (Å²) < 4.78 is 28.8. The van der Waals surface area contributed by atoms with Crippen LogP contribution in [0.1, 0.15) is 30.6 Å². The second-order valence-corrected chi connectivity index (χ2v) is 6.66. The molecule has 3 fully saturated rings. The molecule has 1 aromatic carbocycles. The maximum atomic E-state index is 12.2. The summed E-state index contributed by atoms with van der Waals surface area (Å²) in [4.78, 5) is 12.2. The van der Waals surface area contributed by atoms with E-state index in [0.717, 1.165) is 0 Å². The first-order valence-electron chi connectivity index (χ1n) is 7.77. The molecule has 1 aliphatic carbocycles. The molecule has 6 nitrogen and oxygen atoms in total. The van der Waals surface area contributed by atoms with Crippen LogP contribution < -0.4 is 0 Å². The standard InChI is InChI=1S/C17H20O6/c1-16(2)21-12-13(22-16)17(23-15(12)19-3)9-11(17)20-14(18)10-7-5-4-6-8-10/h4-8,11-13,15H,9H2,1-3H3/t11?,12?,13?,15-,17-/m1/s1. The third-order valence-electron chi connectivity index (χ3n) is 4.59. The summed E-state index contributed by atoms with van der Waals surface area (Å²) in [6.07, 6.45) is -0.875. The van der Waals surface area contributed by atoms with Gasteiger partial charge >= 0.3 is 5.97 Å². The molecule has 3 aliphatic rings. The summed E-state index contributed by atoms with van der Waals surface area (Å²) in [7, 11) is 1.57. The molecule has 1 spiro atoms. The third kappa shape index (κ3) is 2.37. The Morgan fingerprint density at radius 3 is 2.61 bits per heavy atom. The average Bonchev–Trinajstić information content (AvgIpc) is 3.00. The number of esters is 1. The first-order valence-corrected chi connectivity index (χ1v) is 7.77. The van der Waals surface area contributed by atoms with Gasteiger partial charge in [-0.05, 0) is 26.0 Å². The lowest BCUT2D eigenvalue weighted by Crippen LogP contribution is -2.35. The van der Waals surface area contributed by atoms with E-state index in [9.17, 15) is 4.79 Å². The van der Waals surface area contributed by atoms with Crippen molar-refractivity contribution in [1.82, 2.24) is 0 Å². The summed E-state index contributed by atoms with van der Waals surface area (Å²) in [5, 5.41) is 0. The van der Waals surface area contributed by atoms with E-state index in [4.69, 9.17) is 23.7 Å². The highest BCUT2D eigenvalue weighted by molar-refractivity contribution is 5.89. The fourth-order valence-corrected chi connectivity index (χ4v) is 3.47. The molecular weight excluding hydrogens is 300 g/mol. The zero-order valence-electron chi connectivity index (χ0n) is 13.4. The number of hydrogen-bond acceptors (Lipinski definition) is 6. The summed E-state index contributed by atoms with van der Waals surface area (Å²) in [5.41, 5.74) is -0.139. The van der Waals surface area contributed by atoms with Crippen LogP contribution in [0.2, 0.25) is 0 Å². The normalized spacial score (nSPS) is 40.1. The van der Waals surface area contributed by atoms with Gasteiger partial charge in [-0.2, -0.15) is 0 Å². The summed E-state index contributed by atoms with van der Waals surface area (Å²) in [5.74, 6) is -1.05. The second kappa shape index (κ2) is 5.01. The molecule has 4 rings (SSSR count). The van der Waals surface area contributed by atoms with Crippen molar-refractivity contribution in [2.75, 3.05) is 7.11 Å². The molecule has 3 unspecified atom stereocenters. The zero-order chi connectivity index (χ0) is 16.2.